The van der Waals surface area contributed by atoms with Crippen LogP contribution in [0.15, 0.2) is 30.3 Å². The second-order valence-corrected chi connectivity index (χ2v) is 5.56. The fourth-order valence-corrected chi connectivity index (χ4v) is 3.12. The Kier molecular flexibility index (Phi) is 3.61. The van der Waals surface area contributed by atoms with Gasteiger partial charge in [-0.2, -0.15) is 0 Å². The maximum Gasteiger partial charge on any atom is 0.164 e. The van der Waals surface area contributed by atoms with Crippen LogP contribution in [0.1, 0.15) is 35.6 Å². The third-order valence-corrected chi connectivity index (χ3v) is 4.35. The zero-order chi connectivity index (χ0) is 15.9. The molecule has 2 aromatic carbocycles. The van der Waals surface area contributed by atoms with Crippen molar-refractivity contribution in [2.75, 3.05) is 14.2 Å². The molecule has 0 radical (unpaired) electrons. The number of aromatic hydroxyl groups is 1. The van der Waals surface area contributed by atoms with Crippen molar-refractivity contribution < 1.29 is 19.3 Å². The number of methoxy groups -OCH3 is 2. The molecule has 1 aliphatic rings. The molecule has 1 heterocycles. The first kappa shape index (κ1) is 14.6. The lowest BCUT2D eigenvalue weighted by molar-refractivity contribution is 0.215. The van der Waals surface area contributed by atoms with Crippen LogP contribution in [-0.4, -0.2) is 19.3 Å². The van der Waals surface area contributed by atoms with E-state index in [1.54, 1.807) is 20.3 Å². The molecule has 0 bridgehead atoms. The lowest BCUT2D eigenvalue weighted by Gasteiger charge is -2.16. The van der Waals surface area contributed by atoms with E-state index in [2.05, 4.69) is 6.92 Å². The standard InChI is InChI=1S/C18H20O4/c1-10-16-11(2)18(12-5-7-13(20-3)8-6-12)22-14(16)9-15(21-4)17(10)19/h5-9,11,18-19H,1-4H3/t11-,18-/m1/s1. The van der Waals surface area contributed by atoms with Gasteiger partial charge in [0.25, 0.3) is 0 Å². The summed E-state index contributed by atoms with van der Waals surface area (Å²) in [7, 11) is 3.19. The van der Waals surface area contributed by atoms with Crippen molar-refractivity contribution in [3.63, 3.8) is 0 Å². The highest BCUT2D eigenvalue weighted by Crippen LogP contribution is 2.51. The number of hydrogen-bond donors (Lipinski definition) is 1. The maximum atomic E-state index is 10.2. The minimum atomic E-state index is -0.0777. The molecule has 2 atom stereocenters. The van der Waals surface area contributed by atoms with E-state index in [4.69, 9.17) is 14.2 Å². The molecule has 22 heavy (non-hydrogen) atoms. The van der Waals surface area contributed by atoms with E-state index in [1.807, 2.05) is 31.2 Å². The zero-order valence-electron chi connectivity index (χ0n) is 13.2. The van der Waals surface area contributed by atoms with E-state index in [0.717, 1.165) is 28.2 Å². The van der Waals surface area contributed by atoms with Gasteiger partial charge in [-0.25, -0.2) is 0 Å². The van der Waals surface area contributed by atoms with Gasteiger partial charge < -0.3 is 19.3 Å². The van der Waals surface area contributed by atoms with Gasteiger partial charge in [-0.15, -0.1) is 0 Å². The third kappa shape index (κ3) is 2.15. The molecule has 0 amide bonds. The highest BCUT2D eigenvalue weighted by molar-refractivity contribution is 5.59. The van der Waals surface area contributed by atoms with Crippen molar-refractivity contribution in [2.45, 2.75) is 25.9 Å². The van der Waals surface area contributed by atoms with Crippen LogP contribution >= 0.6 is 0 Å². The summed E-state index contributed by atoms with van der Waals surface area (Å²) < 4.78 is 16.5. The number of fused-ring (bicyclic) bond motifs is 1. The van der Waals surface area contributed by atoms with Crippen LogP contribution in [-0.2, 0) is 0 Å². The topological polar surface area (TPSA) is 47.9 Å². The van der Waals surface area contributed by atoms with Crippen molar-refractivity contribution >= 4 is 0 Å². The van der Waals surface area contributed by atoms with Gasteiger partial charge in [0.1, 0.15) is 17.6 Å². The van der Waals surface area contributed by atoms with Crippen LogP contribution < -0.4 is 14.2 Å². The number of phenolic OH excluding ortho intramolecular Hbond substituents is 1. The van der Waals surface area contributed by atoms with Crippen LogP contribution in [0.4, 0.5) is 0 Å². The molecule has 0 aliphatic carbocycles. The summed E-state index contributed by atoms with van der Waals surface area (Å²) in [5.74, 6) is 2.38. The van der Waals surface area contributed by atoms with Gasteiger partial charge >= 0.3 is 0 Å². The van der Waals surface area contributed by atoms with Gasteiger partial charge in [-0.05, 0) is 24.6 Å². The first-order valence-corrected chi connectivity index (χ1v) is 7.27. The Hall–Kier alpha value is -2.36. The van der Waals surface area contributed by atoms with Gasteiger partial charge in [-0.1, -0.05) is 19.1 Å². The number of hydrogen-bond acceptors (Lipinski definition) is 4. The summed E-state index contributed by atoms with van der Waals surface area (Å²) in [6.45, 7) is 4.01. The zero-order valence-corrected chi connectivity index (χ0v) is 13.2. The summed E-state index contributed by atoms with van der Waals surface area (Å²) >= 11 is 0. The minimum Gasteiger partial charge on any atom is -0.504 e. The van der Waals surface area contributed by atoms with Crippen LogP contribution in [0.5, 0.6) is 23.0 Å². The fourth-order valence-electron chi connectivity index (χ4n) is 3.12. The van der Waals surface area contributed by atoms with Crippen molar-refractivity contribution in [2.24, 2.45) is 0 Å². The average Bonchev–Trinajstić information content (AvgIpc) is 2.87. The lowest BCUT2D eigenvalue weighted by atomic mass is 9.89. The first-order chi connectivity index (χ1) is 10.6. The van der Waals surface area contributed by atoms with Crippen molar-refractivity contribution in [1.82, 2.24) is 0 Å². The SMILES string of the molecule is COc1ccc([C@@H]2Oc3cc(OC)c(O)c(C)c3[C@H]2C)cc1. The van der Waals surface area contributed by atoms with Crippen LogP contribution in [0, 0.1) is 6.92 Å². The fraction of sp³-hybridized carbons (Fsp3) is 0.333. The molecule has 0 fully saturated rings. The van der Waals surface area contributed by atoms with E-state index < -0.39 is 0 Å². The summed E-state index contributed by atoms with van der Waals surface area (Å²) in [4.78, 5) is 0. The molecule has 0 spiro atoms. The molecule has 116 valence electrons. The highest BCUT2D eigenvalue weighted by Gasteiger charge is 2.35. The third-order valence-electron chi connectivity index (χ3n) is 4.35. The molecule has 0 aromatic heterocycles. The summed E-state index contributed by atoms with van der Waals surface area (Å²) in [5, 5.41) is 10.2. The second-order valence-electron chi connectivity index (χ2n) is 5.56. The molecule has 3 rings (SSSR count). The molecular formula is C18H20O4. The quantitative estimate of drug-likeness (QED) is 0.932. The van der Waals surface area contributed by atoms with Gasteiger partial charge in [0.05, 0.1) is 14.2 Å². The van der Waals surface area contributed by atoms with Crippen LogP contribution in [0.25, 0.3) is 0 Å². The Labute approximate surface area is 130 Å². The predicted octanol–water partition coefficient (Wildman–Crippen LogP) is 3.96. The van der Waals surface area contributed by atoms with Crippen LogP contribution in [0.3, 0.4) is 0 Å². The number of rotatable bonds is 3. The Morgan fingerprint density at radius 2 is 1.77 bits per heavy atom. The monoisotopic (exact) mass is 300 g/mol. The summed E-state index contributed by atoms with van der Waals surface area (Å²) in [6.07, 6.45) is -0.0777. The normalized spacial score (nSPS) is 19.5. The Balaban J connectivity index is 1.99. The Morgan fingerprint density at radius 3 is 2.36 bits per heavy atom. The van der Waals surface area contributed by atoms with Crippen molar-refractivity contribution in [3.05, 3.63) is 47.0 Å². The molecule has 4 nitrogen and oxygen atoms in total. The van der Waals surface area contributed by atoms with E-state index in [-0.39, 0.29) is 17.8 Å². The largest absolute Gasteiger partial charge is 0.504 e. The van der Waals surface area contributed by atoms with E-state index in [9.17, 15) is 5.11 Å². The van der Waals surface area contributed by atoms with E-state index in [0.29, 0.717) is 5.75 Å². The average molecular weight is 300 g/mol. The van der Waals surface area contributed by atoms with Crippen molar-refractivity contribution in [3.8, 4) is 23.0 Å². The molecule has 1 N–H and O–H groups in total. The van der Waals surface area contributed by atoms with Gasteiger partial charge in [0.2, 0.25) is 0 Å². The molecule has 0 unspecified atom stereocenters. The molecule has 2 aromatic rings. The highest BCUT2D eigenvalue weighted by atomic mass is 16.5. The molecular weight excluding hydrogens is 280 g/mol. The molecule has 0 saturated carbocycles. The van der Waals surface area contributed by atoms with Gasteiger partial charge in [0, 0.05) is 23.1 Å². The predicted molar refractivity (Wildman–Crippen MR) is 84.2 cm³/mol. The first-order valence-electron chi connectivity index (χ1n) is 7.27. The number of ether oxygens (including phenoxy) is 3. The van der Waals surface area contributed by atoms with Gasteiger partial charge in [-0.3, -0.25) is 0 Å². The van der Waals surface area contributed by atoms with Crippen molar-refractivity contribution in [1.29, 1.82) is 0 Å². The number of phenols is 1. The molecule has 4 heteroatoms. The maximum absolute atomic E-state index is 10.2. The lowest BCUT2D eigenvalue weighted by Crippen LogP contribution is -2.07. The smallest absolute Gasteiger partial charge is 0.164 e. The molecule has 1 aliphatic heterocycles. The summed E-state index contributed by atoms with van der Waals surface area (Å²) in [5.41, 5.74) is 2.94. The number of benzene rings is 2. The summed E-state index contributed by atoms with van der Waals surface area (Å²) in [6, 6.07) is 9.65. The van der Waals surface area contributed by atoms with E-state index in [1.165, 1.54) is 0 Å². The Bertz CT molecular complexity index is 691. The Morgan fingerprint density at radius 1 is 1.09 bits per heavy atom. The molecule has 0 saturated heterocycles. The second kappa shape index (κ2) is 5.44. The van der Waals surface area contributed by atoms with Crippen LogP contribution in [0.2, 0.25) is 0 Å². The van der Waals surface area contributed by atoms with E-state index >= 15 is 0 Å². The minimum absolute atomic E-state index is 0.0777. The van der Waals surface area contributed by atoms with Gasteiger partial charge in [0.15, 0.2) is 11.5 Å².